The number of nitrogens with two attached hydrogens (primary N) is 1. The summed E-state index contributed by atoms with van der Waals surface area (Å²) in [4.78, 5) is 14.4. The predicted molar refractivity (Wildman–Crippen MR) is 101 cm³/mol. The zero-order valence-electron chi connectivity index (χ0n) is 14.4. The molecule has 0 aliphatic carbocycles. The molecule has 3 heteroatoms. The fourth-order valence-electron chi connectivity index (χ4n) is 1.50. The summed E-state index contributed by atoms with van der Waals surface area (Å²) in [6, 6.07) is 0. The molecule has 0 bridgehead atoms. The highest BCUT2D eigenvalue weighted by Crippen LogP contribution is 2.16. The van der Waals surface area contributed by atoms with Crippen LogP contribution in [-0.2, 0) is 4.79 Å². The van der Waals surface area contributed by atoms with E-state index in [1.165, 1.54) is 0 Å². The molecule has 0 fully saturated rings. The third-order valence-corrected chi connectivity index (χ3v) is 3.37. The molecule has 0 rings (SSSR count). The fraction of sp³-hybridized carbons (Fsp3) is 0.200. The molecule has 0 atom stereocenters. The number of carbonyl (C=O) groups excluding carboxylic acids is 1. The van der Waals surface area contributed by atoms with E-state index in [4.69, 9.17) is 5.73 Å². The molecule has 122 valence electrons. The quantitative estimate of drug-likeness (QED) is 0.393. The van der Waals surface area contributed by atoms with E-state index in [1.54, 1.807) is 19.2 Å². The Morgan fingerprint density at radius 2 is 1.43 bits per heavy atom. The second-order valence-corrected chi connectivity index (χ2v) is 5.12. The summed E-state index contributed by atoms with van der Waals surface area (Å²) in [7, 11) is 1.70. The molecule has 3 nitrogen and oxygen atoms in total. The third kappa shape index (κ3) is 7.23. The van der Waals surface area contributed by atoms with Gasteiger partial charge in [0.05, 0.1) is 11.4 Å². The van der Waals surface area contributed by atoms with E-state index in [1.807, 2.05) is 26.0 Å². The van der Waals surface area contributed by atoms with Gasteiger partial charge in [-0.05, 0) is 41.7 Å². The summed E-state index contributed by atoms with van der Waals surface area (Å²) in [6.45, 7) is 19.4. The monoisotopic (exact) mass is 310 g/mol. The molecule has 23 heavy (non-hydrogen) atoms. The van der Waals surface area contributed by atoms with E-state index in [2.05, 4.69) is 31.3 Å². The van der Waals surface area contributed by atoms with Crippen LogP contribution in [0.15, 0.2) is 89.2 Å². The Kier molecular flexibility index (Phi) is 8.94. The first-order valence-electron chi connectivity index (χ1n) is 7.19. The number of hydrogen-bond donors (Lipinski definition) is 1. The van der Waals surface area contributed by atoms with Crippen LogP contribution in [0.4, 0.5) is 0 Å². The summed E-state index contributed by atoms with van der Waals surface area (Å²) in [5.41, 5.74) is 11.3. The first-order chi connectivity index (χ1) is 10.7. The number of carbonyl (C=O) groups is 1. The Morgan fingerprint density at radius 1 is 0.957 bits per heavy atom. The van der Waals surface area contributed by atoms with Gasteiger partial charge in [-0.1, -0.05) is 50.6 Å². The van der Waals surface area contributed by atoms with Crippen molar-refractivity contribution in [3.8, 4) is 0 Å². The van der Waals surface area contributed by atoms with Crippen LogP contribution in [0.2, 0.25) is 0 Å². The molecule has 0 aromatic heterocycles. The van der Waals surface area contributed by atoms with Crippen LogP contribution >= 0.6 is 0 Å². The number of nitrogens with zero attached hydrogens (tertiary/aromatic N) is 1. The Morgan fingerprint density at radius 3 is 1.91 bits per heavy atom. The van der Waals surface area contributed by atoms with Gasteiger partial charge in [-0.2, -0.15) is 0 Å². The molecule has 0 heterocycles. The lowest BCUT2D eigenvalue weighted by molar-refractivity contribution is -0.107. The second-order valence-electron chi connectivity index (χ2n) is 5.12. The van der Waals surface area contributed by atoms with Crippen LogP contribution in [0, 0.1) is 0 Å². The summed E-state index contributed by atoms with van der Waals surface area (Å²) in [6.07, 6.45) is 8.33. The average molecular weight is 310 g/mol. The zero-order valence-corrected chi connectivity index (χ0v) is 14.4. The van der Waals surface area contributed by atoms with Crippen LogP contribution in [0.1, 0.15) is 20.3 Å². The van der Waals surface area contributed by atoms with Crippen molar-refractivity contribution in [1.29, 1.82) is 0 Å². The van der Waals surface area contributed by atoms with Gasteiger partial charge in [-0.25, -0.2) is 0 Å². The van der Waals surface area contributed by atoms with E-state index in [0.717, 1.165) is 39.9 Å². The van der Waals surface area contributed by atoms with E-state index < -0.39 is 0 Å². The maximum atomic E-state index is 10.4. The summed E-state index contributed by atoms with van der Waals surface area (Å²) in [5, 5.41) is 0. The van der Waals surface area contributed by atoms with Crippen LogP contribution in [0.5, 0.6) is 0 Å². The largest absolute Gasteiger partial charge is 0.397 e. The summed E-state index contributed by atoms with van der Waals surface area (Å²) >= 11 is 0. The minimum absolute atomic E-state index is 0.310. The Hall–Kier alpha value is -2.68. The lowest BCUT2D eigenvalue weighted by Gasteiger charge is -2.07. The molecule has 0 aromatic rings. The van der Waals surface area contributed by atoms with E-state index in [-0.39, 0.29) is 0 Å². The van der Waals surface area contributed by atoms with Crippen molar-refractivity contribution in [3.05, 3.63) is 84.2 Å². The summed E-state index contributed by atoms with van der Waals surface area (Å²) < 4.78 is 0. The topological polar surface area (TPSA) is 55.4 Å². The highest BCUT2D eigenvalue weighted by atomic mass is 16.1. The van der Waals surface area contributed by atoms with Crippen molar-refractivity contribution < 1.29 is 4.79 Å². The predicted octanol–water partition coefficient (Wildman–Crippen LogP) is 4.24. The van der Waals surface area contributed by atoms with Crippen LogP contribution in [-0.4, -0.2) is 19.0 Å². The molecule has 0 radical (unpaired) electrons. The number of rotatable bonds is 9. The normalized spacial score (nSPS) is 13.1. The maximum Gasteiger partial charge on any atom is 0.124 e. The van der Waals surface area contributed by atoms with Crippen molar-refractivity contribution in [2.24, 2.45) is 10.7 Å². The van der Waals surface area contributed by atoms with Gasteiger partial charge in [0.25, 0.3) is 0 Å². The van der Waals surface area contributed by atoms with E-state index >= 15 is 0 Å². The molecule has 0 amide bonds. The SMILES string of the molecule is C=C(/C=C\C(=C)C(=C)/C=C\C(=C)/C(C)=C(\N)C(C)=NC)CC=O. The highest BCUT2D eigenvalue weighted by molar-refractivity contribution is 5.98. The molecule has 0 unspecified atom stereocenters. The van der Waals surface area contributed by atoms with Crippen molar-refractivity contribution in [2.75, 3.05) is 7.05 Å². The molecular weight excluding hydrogens is 284 g/mol. The number of hydrogen-bond acceptors (Lipinski definition) is 3. The van der Waals surface area contributed by atoms with Crippen molar-refractivity contribution in [1.82, 2.24) is 0 Å². The Balaban J connectivity index is 4.94. The molecule has 0 aliphatic heterocycles. The fourth-order valence-corrected chi connectivity index (χ4v) is 1.50. The molecule has 2 N–H and O–H groups in total. The van der Waals surface area contributed by atoms with Crippen molar-refractivity contribution >= 4 is 12.0 Å². The van der Waals surface area contributed by atoms with Gasteiger partial charge in [0.1, 0.15) is 6.29 Å². The standard InChI is InChI=1S/C20H26N2O/c1-14(12-13-23)8-9-15(2)16(3)10-11-17(4)18(5)20(21)19(6)22-7/h8-11,13H,1-4,12,21H2,5-7H3/b9-8-,11-10-,20-18-,22-19?. The highest BCUT2D eigenvalue weighted by Gasteiger charge is 2.03. The second kappa shape index (κ2) is 10.1. The molecular formula is C20H26N2O. The van der Waals surface area contributed by atoms with Gasteiger partial charge in [0.2, 0.25) is 0 Å². The van der Waals surface area contributed by atoms with Gasteiger partial charge >= 0.3 is 0 Å². The third-order valence-electron chi connectivity index (χ3n) is 3.37. The number of aliphatic imine (C=N–C) groups is 1. The molecule has 0 saturated carbocycles. The maximum absolute atomic E-state index is 10.4. The molecule has 0 aliphatic rings. The first-order valence-corrected chi connectivity index (χ1v) is 7.19. The minimum atomic E-state index is 0.310. The van der Waals surface area contributed by atoms with Crippen LogP contribution in [0.3, 0.4) is 0 Å². The van der Waals surface area contributed by atoms with E-state index in [0.29, 0.717) is 12.1 Å². The Labute approximate surface area is 139 Å². The van der Waals surface area contributed by atoms with Crippen LogP contribution in [0.25, 0.3) is 0 Å². The minimum Gasteiger partial charge on any atom is -0.397 e. The number of allylic oxidation sites excluding steroid dienone is 10. The van der Waals surface area contributed by atoms with Crippen molar-refractivity contribution in [2.45, 2.75) is 20.3 Å². The van der Waals surface area contributed by atoms with Gasteiger partial charge in [0, 0.05) is 13.5 Å². The summed E-state index contributed by atoms with van der Waals surface area (Å²) in [5.74, 6) is 0. The van der Waals surface area contributed by atoms with Gasteiger partial charge < -0.3 is 10.5 Å². The molecule has 0 spiro atoms. The van der Waals surface area contributed by atoms with Crippen LogP contribution < -0.4 is 5.73 Å². The lowest BCUT2D eigenvalue weighted by Crippen LogP contribution is -2.10. The van der Waals surface area contributed by atoms with E-state index in [9.17, 15) is 4.79 Å². The number of aldehydes is 1. The Bertz CT molecular complexity index is 641. The molecule has 0 aromatic carbocycles. The van der Waals surface area contributed by atoms with Gasteiger partial charge in [-0.15, -0.1) is 0 Å². The van der Waals surface area contributed by atoms with Gasteiger partial charge in [-0.3, -0.25) is 4.99 Å². The smallest absolute Gasteiger partial charge is 0.124 e. The van der Waals surface area contributed by atoms with Crippen molar-refractivity contribution in [3.63, 3.8) is 0 Å². The lowest BCUT2D eigenvalue weighted by atomic mass is 10.0. The average Bonchev–Trinajstić information content (AvgIpc) is 2.55. The first kappa shape index (κ1) is 20.3. The van der Waals surface area contributed by atoms with Gasteiger partial charge in [0.15, 0.2) is 0 Å². The zero-order chi connectivity index (χ0) is 18.0. The molecule has 0 saturated heterocycles.